The molecule has 0 unspecified atom stereocenters. The van der Waals surface area contributed by atoms with Gasteiger partial charge in [0.15, 0.2) is 6.61 Å². The largest absolute Gasteiger partial charge is 0.484 e. The van der Waals surface area contributed by atoms with E-state index in [4.69, 9.17) is 16.3 Å². The van der Waals surface area contributed by atoms with E-state index in [2.05, 4.69) is 5.32 Å². The van der Waals surface area contributed by atoms with Gasteiger partial charge >= 0.3 is 0 Å². The van der Waals surface area contributed by atoms with Crippen LogP contribution in [0, 0.1) is 6.92 Å². The van der Waals surface area contributed by atoms with Crippen LogP contribution < -0.4 is 10.1 Å². The molecule has 0 bridgehead atoms. The van der Waals surface area contributed by atoms with Crippen LogP contribution in [-0.4, -0.2) is 35.9 Å². The van der Waals surface area contributed by atoms with E-state index in [9.17, 15) is 9.59 Å². The molecule has 0 fully saturated rings. The van der Waals surface area contributed by atoms with Crippen LogP contribution in [0.2, 0.25) is 5.02 Å². The fourth-order valence-corrected chi connectivity index (χ4v) is 3.70. The fourth-order valence-electron chi connectivity index (χ4n) is 3.52. The maximum absolute atomic E-state index is 13.4. The number of aryl methyl sites for hydroxylation is 1. The summed E-state index contributed by atoms with van der Waals surface area (Å²) in [4.78, 5) is 28.1. The van der Waals surface area contributed by atoms with Crippen molar-refractivity contribution in [3.05, 3.63) is 101 Å². The highest BCUT2D eigenvalue weighted by Gasteiger charge is 2.30. The number of carbonyl (C=O) groups excluding carboxylic acids is 2. The third kappa shape index (κ3) is 7.36. The zero-order chi connectivity index (χ0) is 23.6. The predicted molar refractivity (Wildman–Crippen MR) is 131 cm³/mol. The van der Waals surface area contributed by atoms with Crippen LogP contribution in [0.1, 0.15) is 23.6 Å². The third-order valence-electron chi connectivity index (χ3n) is 5.25. The first-order valence-corrected chi connectivity index (χ1v) is 11.4. The van der Waals surface area contributed by atoms with Gasteiger partial charge in [-0.15, -0.1) is 0 Å². The Balaban J connectivity index is 1.88. The van der Waals surface area contributed by atoms with Crippen LogP contribution >= 0.6 is 11.6 Å². The highest BCUT2D eigenvalue weighted by molar-refractivity contribution is 6.30. The van der Waals surface area contributed by atoms with E-state index in [1.165, 1.54) is 0 Å². The molecular weight excluding hydrogens is 436 g/mol. The first-order chi connectivity index (χ1) is 16.0. The molecule has 172 valence electrons. The number of likely N-dealkylation sites (N-methyl/N-ethyl adjacent to an activating group) is 1. The quantitative estimate of drug-likeness (QED) is 0.468. The summed E-state index contributed by atoms with van der Waals surface area (Å²) in [7, 11) is 0. The van der Waals surface area contributed by atoms with Crippen LogP contribution in [0.3, 0.4) is 0 Å². The summed E-state index contributed by atoms with van der Waals surface area (Å²) in [5.74, 6) is 0.0380. The average Bonchev–Trinajstić information content (AvgIpc) is 2.82. The van der Waals surface area contributed by atoms with Gasteiger partial charge in [0.25, 0.3) is 5.91 Å². The maximum Gasteiger partial charge on any atom is 0.261 e. The van der Waals surface area contributed by atoms with Gasteiger partial charge in [-0.05, 0) is 43.2 Å². The maximum atomic E-state index is 13.4. The molecule has 3 aromatic carbocycles. The fraction of sp³-hybridized carbons (Fsp3) is 0.259. The molecule has 0 spiro atoms. The molecule has 5 nitrogen and oxygen atoms in total. The highest BCUT2D eigenvalue weighted by atomic mass is 35.5. The van der Waals surface area contributed by atoms with Crippen LogP contribution in [0.5, 0.6) is 5.75 Å². The molecule has 1 atom stereocenters. The van der Waals surface area contributed by atoms with Crippen molar-refractivity contribution in [2.75, 3.05) is 13.2 Å². The lowest BCUT2D eigenvalue weighted by molar-refractivity contribution is -0.142. The minimum atomic E-state index is -0.677. The summed E-state index contributed by atoms with van der Waals surface area (Å²) in [5, 5.41) is 3.41. The van der Waals surface area contributed by atoms with Crippen LogP contribution in [0.4, 0.5) is 0 Å². The summed E-state index contributed by atoms with van der Waals surface area (Å²) in [6.45, 7) is 4.46. The lowest BCUT2D eigenvalue weighted by atomic mass is 10.0. The van der Waals surface area contributed by atoms with Crippen LogP contribution in [0.25, 0.3) is 0 Å². The second-order valence-electron chi connectivity index (χ2n) is 7.85. The number of nitrogens with zero attached hydrogens (tertiary/aromatic N) is 1. The zero-order valence-electron chi connectivity index (χ0n) is 19.0. The summed E-state index contributed by atoms with van der Waals surface area (Å²) in [6, 6.07) is 23.9. The van der Waals surface area contributed by atoms with Crippen molar-refractivity contribution in [3.63, 3.8) is 0 Å². The molecule has 0 aliphatic carbocycles. The normalized spacial score (nSPS) is 11.5. The number of rotatable bonds is 10. The minimum Gasteiger partial charge on any atom is -0.484 e. The van der Waals surface area contributed by atoms with E-state index in [1.807, 2.05) is 68.4 Å². The van der Waals surface area contributed by atoms with Crippen molar-refractivity contribution in [1.29, 1.82) is 0 Å². The van der Waals surface area contributed by atoms with Gasteiger partial charge < -0.3 is 15.0 Å². The lowest BCUT2D eigenvalue weighted by Gasteiger charge is -2.31. The summed E-state index contributed by atoms with van der Waals surface area (Å²) in [5.41, 5.74) is 3.05. The summed E-state index contributed by atoms with van der Waals surface area (Å²) >= 11 is 6.03. The number of carbonyl (C=O) groups is 2. The summed E-state index contributed by atoms with van der Waals surface area (Å²) in [6.07, 6.45) is 0.404. The Hall–Kier alpha value is -3.31. The molecule has 3 rings (SSSR count). The van der Waals surface area contributed by atoms with E-state index < -0.39 is 6.04 Å². The Morgan fingerprint density at radius 3 is 2.36 bits per heavy atom. The van der Waals surface area contributed by atoms with Gasteiger partial charge in [0.05, 0.1) is 0 Å². The Kier molecular flexibility index (Phi) is 8.90. The van der Waals surface area contributed by atoms with Crippen molar-refractivity contribution in [1.82, 2.24) is 10.2 Å². The Labute approximate surface area is 200 Å². The van der Waals surface area contributed by atoms with Gasteiger partial charge in [-0.1, -0.05) is 77.8 Å². The second-order valence-corrected chi connectivity index (χ2v) is 8.29. The molecule has 0 aliphatic heterocycles. The molecule has 33 heavy (non-hydrogen) atoms. The van der Waals surface area contributed by atoms with Gasteiger partial charge in [-0.2, -0.15) is 0 Å². The first kappa shape index (κ1) is 24.3. The van der Waals surface area contributed by atoms with Gasteiger partial charge in [-0.25, -0.2) is 0 Å². The molecule has 0 saturated carbocycles. The standard InChI is InChI=1S/C27H29ClN2O3/c1-3-29-27(32)25(16-21-8-5-4-6-9-21)30(18-22-14-12-20(2)13-15-22)26(31)19-33-24-11-7-10-23(28)17-24/h4-15,17,25H,3,16,18-19H2,1-2H3,(H,29,32)/t25-/m1/s1. The lowest BCUT2D eigenvalue weighted by Crippen LogP contribution is -2.51. The zero-order valence-corrected chi connectivity index (χ0v) is 19.7. The molecule has 0 aromatic heterocycles. The Morgan fingerprint density at radius 2 is 1.70 bits per heavy atom. The Bertz CT molecular complexity index is 1050. The molecule has 6 heteroatoms. The van der Waals surface area contributed by atoms with E-state index in [-0.39, 0.29) is 18.4 Å². The number of hydrogen-bond donors (Lipinski definition) is 1. The SMILES string of the molecule is CCNC(=O)[C@@H](Cc1ccccc1)N(Cc1ccc(C)cc1)C(=O)COc1cccc(Cl)c1. The van der Waals surface area contributed by atoms with Crippen molar-refractivity contribution >= 4 is 23.4 Å². The highest BCUT2D eigenvalue weighted by Crippen LogP contribution is 2.19. The van der Waals surface area contributed by atoms with Crippen LogP contribution in [-0.2, 0) is 22.6 Å². The van der Waals surface area contributed by atoms with Crippen molar-refractivity contribution in [3.8, 4) is 5.75 Å². The number of ether oxygens (including phenoxy) is 1. The minimum absolute atomic E-state index is 0.190. The van der Waals surface area contributed by atoms with Gasteiger partial charge in [0.2, 0.25) is 5.91 Å². The average molecular weight is 465 g/mol. The molecular formula is C27H29ClN2O3. The number of nitrogens with one attached hydrogen (secondary N) is 1. The van der Waals surface area contributed by atoms with Gasteiger partial charge in [0, 0.05) is 24.5 Å². The monoisotopic (exact) mass is 464 g/mol. The van der Waals surface area contributed by atoms with E-state index in [1.54, 1.807) is 29.2 Å². The van der Waals surface area contributed by atoms with E-state index in [0.29, 0.717) is 30.3 Å². The molecule has 0 aliphatic rings. The topological polar surface area (TPSA) is 58.6 Å². The van der Waals surface area contributed by atoms with E-state index >= 15 is 0 Å². The number of benzene rings is 3. The summed E-state index contributed by atoms with van der Waals surface area (Å²) < 4.78 is 5.72. The molecule has 0 heterocycles. The van der Waals surface area contributed by atoms with Gasteiger partial charge in [-0.3, -0.25) is 9.59 Å². The van der Waals surface area contributed by atoms with Crippen molar-refractivity contribution < 1.29 is 14.3 Å². The van der Waals surface area contributed by atoms with E-state index in [0.717, 1.165) is 16.7 Å². The number of amides is 2. The molecule has 0 saturated heterocycles. The molecule has 2 amide bonds. The second kappa shape index (κ2) is 12.1. The molecule has 1 N–H and O–H groups in total. The smallest absolute Gasteiger partial charge is 0.261 e. The third-order valence-corrected chi connectivity index (χ3v) is 5.49. The molecule has 3 aromatic rings. The Morgan fingerprint density at radius 1 is 0.970 bits per heavy atom. The van der Waals surface area contributed by atoms with Crippen molar-refractivity contribution in [2.45, 2.75) is 32.9 Å². The van der Waals surface area contributed by atoms with Crippen LogP contribution in [0.15, 0.2) is 78.9 Å². The number of hydrogen-bond acceptors (Lipinski definition) is 3. The van der Waals surface area contributed by atoms with Crippen molar-refractivity contribution in [2.24, 2.45) is 0 Å². The molecule has 0 radical (unpaired) electrons. The first-order valence-electron chi connectivity index (χ1n) is 11.0. The number of halogens is 1. The predicted octanol–water partition coefficient (Wildman–Crippen LogP) is 4.80. The van der Waals surface area contributed by atoms with Gasteiger partial charge in [0.1, 0.15) is 11.8 Å².